The third kappa shape index (κ3) is 5.81. The van der Waals surface area contributed by atoms with Crippen molar-refractivity contribution in [1.29, 1.82) is 0 Å². The lowest BCUT2D eigenvalue weighted by atomic mass is 9.53. The first-order chi connectivity index (χ1) is 20.9. The zero-order valence-electron chi connectivity index (χ0n) is 26.1. The molecule has 1 aromatic carbocycles. The zero-order valence-corrected chi connectivity index (χ0v) is 26.1. The van der Waals surface area contributed by atoms with E-state index in [1.54, 1.807) is 0 Å². The van der Waals surface area contributed by atoms with Crippen LogP contribution in [0.3, 0.4) is 0 Å². The maximum absolute atomic E-state index is 14.1. The summed E-state index contributed by atoms with van der Waals surface area (Å²) in [7, 11) is 0. The summed E-state index contributed by atoms with van der Waals surface area (Å²) in [5, 5.41) is 8.49. The van der Waals surface area contributed by atoms with Gasteiger partial charge in [-0.25, -0.2) is 8.78 Å². The van der Waals surface area contributed by atoms with Gasteiger partial charge < -0.3 is 13.9 Å². The van der Waals surface area contributed by atoms with Gasteiger partial charge in [-0.3, -0.25) is 4.79 Å². The van der Waals surface area contributed by atoms with Crippen LogP contribution >= 0.6 is 0 Å². The molecular weight excluding hydrogens is 564 g/mol. The maximum atomic E-state index is 14.1. The molecule has 2 bridgehead atoms. The monoisotopic (exact) mass is 607 g/mol. The van der Waals surface area contributed by atoms with Gasteiger partial charge in [-0.05, 0) is 93.7 Å². The molecule has 2 aromatic heterocycles. The molecule has 1 amide bonds. The second-order valence-corrected chi connectivity index (χ2v) is 15.2. The van der Waals surface area contributed by atoms with E-state index in [4.69, 9.17) is 14.0 Å². The topological polar surface area (TPSA) is 98.2 Å². The second-order valence-electron chi connectivity index (χ2n) is 15.2. The van der Waals surface area contributed by atoms with E-state index in [0.29, 0.717) is 31.2 Å². The number of benzene rings is 1. The Morgan fingerprint density at radius 2 is 1.64 bits per heavy atom. The van der Waals surface area contributed by atoms with Crippen LogP contribution in [-0.4, -0.2) is 38.7 Å². The predicted octanol–water partition coefficient (Wildman–Crippen LogP) is 8.14. The molecule has 0 radical (unpaired) electrons. The van der Waals surface area contributed by atoms with Crippen LogP contribution < -0.4 is 4.90 Å². The highest BCUT2D eigenvalue weighted by molar-refractivity contribution is 5.94. The molecule has 10 heteroatoms. The molecule has 3 aromatic rings. The lowest BCUT2D eigenvalue weighted by Crippen LogP contribution is -2.51. The van der Waals surface area contributed by atoms with Crippen LogP contribution in [0, 0.1) is 11.3 Å². The summed E-state index contributed by atoms with van der Waals surface area (Å²) in [5.74, 6) is 0.458. The van der Waals surface area contributed by atoms with E-state index in [-0.39, 0.29) is 47.3 Å². The van der Waals surface area contributed by atoms with Gasteiger partial charge in [0.2, 0.25) is 17.7 Å². The summed E-state index contributed by atoms with van der Waals surface area (Å²) in [6.07, 6.45) is 8.68. The molecule has 0 atom stereocenters. The minimum atomic E-state index is -2.61. The van der Waals surface area contributed by atoms with E-state index in [1.165, 1.54) is 0 Å². The summed E-state index contributed by atoms with van der Waals surface area (Å²) in [6, 6.07) is 7.80. The van der Waals surface area contributed by atoms with E-state index in [2.05, 4.69) is 36.1 Å². The lowest BCUT2D eigenvalue weighted by Gasteiger charge is -2.53. The van der Waals surface area contributed by atoms with Gasteiger partial charge in [-0.15, -0.1) is 0 Å². The highest BCUT2D eigenvalue weighted by atomic mass is 19.3. The van der Waals surface area contributed by atoms with Gasteiger partial charge >= 0.3 is 0 Å². The normalized spacial score (nSPS) is 27.0. The molecule has 5 aliphatic carbocycles. The molecule has 5 fully saturated rings. The molecule has 2 heterocycles. The maximum Gasteiger partial charge on any atom is 0.258 e. The van der Waals surface area contributed by atoms with Crippen LogP contribution in [0.1, 0.15) is 128 Å². The summed E-state index contributed by atoms with van der Waals surface area (Å²) in [6.45, 7) is 6.88. The number of carbonyl (C=O) groups is 1. The Kier molecular flexibility index (Phi) is 7.20. The van der Waals surface area contributed by atoms with Crippen LogP contribution in [0.4, 0.5) is 14.5 Å². The van der Waals surface area contributed by atoms with Crippen LogP contribution in [0.15, 0.2) is 33.3 Å². The number of rotatable bonds is 8. The average Bonchev–Trinajstić information content (AvgIpc) is 3.49. The second kappa shape index (κ2) is 10.7. The lowest BCUT2D eigenvalue weighted by molar-refractivity contribution is -0.121. The summed E-state index contributed by atoms with van der Waals surface area (Å²) >= 11 is 0. The van der Waals surface area contributed by atoms with E-state index >= 15 is 0 Å². The molecular formula is C34H43F2N5O3. The van der Waals surface area contributed by atoms with E-state index in [9.17, 15) is 13.6 Å². The van der Waals surface area contributed by atoms with Crippen LogP contribution in [0.5, 0.6) is 0 Å². The number of carbonyl (C=O) groups excluding carboxylic acids is 1. The Labute approximate surface area is 257 Å². The van der Waals surface area contributed by atoms with E-state index in [1.807, 2.05) is 29.2 Å². The van der Waals surface area contributed by atoms with Crippen molar-refractivity contribution >= 4 is 11.6 Å². The van der Waals surface area contributed by atoms with Gasteiger partial charge in [0.1, 0.15) is 0 Å². The van der Waals surface area contributed by atoms with Crippen molar-refractivity contribution in [2.45, 2.75) is 127 Å². The van der Waals surface area contributed by atoms with Gasteiger partial charge in [0.25, 0.3) is 5.89 Å². The minimum absolute atomic E-state index is 0.00469. The minimum Gasteiger partial charge on any atom is -0.339 e. The van der Waals surface area contributed by atoms with Crippen molar-refractivity contribution in [3.05, 3.63) is 41.8 Å². The molecule has 0 saturated heterocycles. The molecule has 0 N–H and O–H groups in total. The van der Waals surface area contributed by atoms with Crippen molar-refractivity contribution in [2.75, 3.05) is 11.4 Å². The molecule has 44 heavy (non-hydrogen) atoms. The van der Waals surface area contributed by atoms with Crippen molar-refractivity contribution < 1.29 is 22.6 Å². The van der Waals surface area contributed by atoms with Gasteiger partial charge in [-0.1, -0.05) is 37.2 Å². The molecule has 0 unspecified atom stereocenters. The first kappa shape index (κ1) is 29.5. The van der Waals surface area contributed by atoms with Gasteiger partial charge in [0.05, 0.1) is 0 Å². The Morgan fingerprint density at radius 3 is 2.27 bits per heavy atom. The fraction of sp³-hybridized carbons (Fsp3) is 0.676. The van der Waals surface area contributed by atoms with Crippen molar-refractivity contribution in [3.8, 4) is 11.5 Å². The number of halogens is 2. The highest BCUT2D eigenvalue weighted by Crippen LogP contribution is 2.58. The van der Waals surface area contributed by atoms with Crippen molar-refractivity contribution in [1.82, 2.24) is 20.3 Å². The summed E-state index contributed by atoms with van der Waals surface area (Å²) in [5.41, 5.74) is 1.28. The Morgan fingerprint density at radius 1 is 0.932 bits per heavy atom. The SMILES string of the molecule is CC(C)(C)c1noc(C23CCC(CN(C(=O)CC4CCC(F)(F)CC4)c4cccc(-c5nc(C6CC6)no5)c4)(CC2)CC3)n1. The van der Waals surface area contributed by atoms with Crippen LogP contribution in [0.25, 0.3) is 11.5 Å². The Bertz CT molecular complexity index is 1490. The first-order valence-electron chi connectivity index (χ1n) is 16.4. The molecule has 236 valence electrons. The predicted molar refractivity (Wildman–Crippen MR) is 160 cm³/mol. The number of fused-ring (bicyclic) bond motifs is 3. The van der Waals surface area contributed by atoms with Crippen molar-refractivity contribution in [2.24, 2.45) is 11.3 Å². The third-order valence-electron chi connectivity index (χ3n) is 10.8. The highest BCUT2D eigenvalue weighted by Gasteiger charge is 2.53. The first-order valence-corrected chi connectivity index (χ1v) is 16.4. The number of hydrogen-bond donors (Lipinski definition) is 0. The van der Waals surface area contributed by atoms with E-state index < -0.39 is 5.92 Å². The number of nitrogens with zero attached hydrogens (tertiary/aromatic N) is 5. The van der Waals surface area contributed by atoms with Crippen LogP contribution in [-0.2, 0) is 15.6 Å². The van der Waals surface area contributed by atoms with Gasteiger partial charge in [0.15, 0.2) is 11.6 Å². The number of hydrogen-bond acceptors (Lipinski definition) is 7. The quantitative estimate of drug-likeness (QED) is 0.255. The zero-order chi connectivity index (χ0) is 30.7. The number of alkyl halides is 2. The summed E-state index contributed by atoms with van der Waals surface area (Å²) in [4.78, 5) is 25.5. The molecule has 0 spiro atoms. The molecule has 5 aliphatic rings. The number of amides is 1. The number of anilines is 1. The number of aromatic nitrogens is 4. The molecule has 5 saturated carbocycles. The van der Waals surface area contributed by atoms with Gasteiger partial charge in [-0.2, -0.15) is 9.97 Å². The standard InChI is InChI=1S/C34H43F2N5O3/c1-31(2,3)29-38-30(44-40-29)33-16-13-32(14-17-33,15-18-33)21-41(26(42)19-22-9-11-34(35,36)12-10-22)25-6-4-5-24(20-25)28-37-27(39-43-28)23-7-8-23/h4-6,20,22-23H,7-19,21H2,1-3H3. The molecule has 0 aliphatic heterocycles. The third-order valence-corrected chi connectivity index (χ3v) is 10.8. The molecule has 8 nitrogen and oxygen atoms in total. The van der Waals surface area contributed by atoms with Gasteiger partial charge in [0, 0.05) is 53.8 Å². The molecule has 8 rings (SSSR count). The van der Waals surface area contributed by atoms with E-state index in [0.717, 1.165) is 80.2 Å². The smallest absolute Gasteiger partial charge is 0.258 e. The average molecular weight is 608 g/mol. The fourth-order valence-electron chi connectivity index (χ4n) is 7.55. The largest absolute Gasteiger partial charge is 0.339 e. The van der Waals surface area contributed by atoms with Crippen LogP contribution in [0.2, 0.25) is 0 Å². The Hall–Kier alpha value is -3.17. The Balaban J connectivity index is 1.12. The fourth-order valence-corrected chi connectivity index (χ4v) is 7.55. The summed E-state index contributed by atoms with van der Waals surface area (Å²) < 4.78 is 39.2. The van der Waals surface area contributed by atoms with Crippen molar-refractivity contribution in [3.63, 3.8) is 0 Å².